The zero-order valence-corrected chi connectivity index (χ0v) is 8.10. The highest BCUT2D eigenvalue weighted by Crippen LogP contribution is 2.27. The average Bonchev–Trinajstić information content (AvgIpc) is 2.58. The minimum absolute atomic E-state index is 0.960. The van der Waals surface area contributed by atoms with Crippen LogP contribution < -0.4 is 0 Å². The van der Waals surface area contributed by atoms with Gasteiger partial charge in [0.25, 0.3) is 0 Å². The molecule has 0 spiro atoms. The van der Waals surface area contributed by atoms with Gasteiger partial charge in [0.05, 0.1) is 0 Å². The van der Waals surface area contributed by atoms with Crippen LogP contribution >= 0.6 is 11.8 Å². The summed E-state index contributed by atoms with van der Waals surface area (Å²) >= 11 is 1.81. The van der Waals surface area contributed by atoms with Gasteiger partial charge in [-0.25, -0.2) is 0 Å². The molecule has 1 heterocycles. The third-order valence-corrected chi connectivity index (χ3v) is 2.96. The zero-order valence-electron chi connectivity index (χ0n) is 7.29. The highest BCUT2D eigenvalue weighted by Gasteiger charge is 2.00. The van der Waals surface area contributed by atoms with Gasteiger partial charge in [-0.1, -0.05) is 24.3 Å². The van der Waals surface area contributed by atoms with Gasteiger partial charge in [0.15, 0.2) is 0 Å². The smallest absolute Gasteiger partial charge is 0.0465 e. The van der Waals surface area contributed by atoms with E-state index in [2.05, 4.69) is 36.0 Å². The average molecular weight is 189 g/mol. The van der Waals surface area contributed by atoms with Crippen LogP contribution in [0.2, 0.25) is 0 Å². The largest absolute Gasteiger partial charge is 0.360 e. The van der Waals surface area contributed by atoms with Gasteiger partial charge < -0.3 is 4.98 Å². The van der Waals surface area contributed by atoms with E-state index in [0.29, 0.717) is 0 Å². The van der Waals surface area contributed by atoms with Crippen LogP contribution in [0.3, 0.4) is 0 Å². The third kappa shape index (κ3) is 1.63. The lowest BCUT2D eigenvalue weighted by molar-refractivity contribution is 1.41. The molecular weight excluding hydrogens is 178 g/mol. The molecule has 0 unspecified atom stereocenters. The molecule has 0 aliphatic carbocycles. The van der Waals surface area contributed by atoms with Gasteiger partial charge in [-0.05, 0) is 6.07 Å². The van der Waals surface area contributed by atoms with E-state index in [-0.39, 0.29) is 0 Å². The van der Waals surface area contributed by atoms with Gasteiger partial charge in [-0.3, -0.25) is 0 Å². The predicted octanol–water partition coefficient (Wildman–Crippen LogP) is 3.45. The second kappa shape index (κ2) is 3.71. The van der Waals surface area contributed by atoms with Crippen molar-refractivity contribution in [2.24, 2.45) is 0 Å². The number of hydrogen-bond acceptors (Lipinski definition) is 1. The Balaban J connectivity index is 2.40. The molecule has 2 heteroatoms. The Labute approximate surface area is 81.9 Å². The Hall–Kier alpha value is -1.15. The standard InChI is InChI=1S/C11H11NS/c1-2-7-13-11-8-12-10-6-4-3-5-9(10)11/h2-6,8,12H,1,7H2. The van der Waals surface area contributed by atoms with Crippen LogP contribution in [-0.4, -0.2) is 10.7 Å². The van der Waals surface area contributed by atoms with E-state index in [0.717, 1.165) is 5.75 Å². The van der Waals surface area contributed by atoms with Crippen LogP contribution in [0.15, 0.2) is 48.0 Å². The lowest BCUT2D eigenvalue weighted by Crippen LogP contribution is -1.69. The normalized spacial score (nSPS) is 10.5. The van der Waals surface area contributed by atoms with E-state index >= 15 is 0 Å². The van der Waals surface area contributed by atoms with E-state index in [1.807, 2.05) is 23.9 Å². The first-order valence-corrected chi connectivity index (χ1v) is 5.20. The van der Waals surface area contributed by atoms with Gasteiger partial charge in [0.1, 0.15) is 0 Å². The number of aromatic nitrogens is 1. The summed E-state index contributed by atoms with van der Waals surface area (Å²) in [6, 6.07) is 8.33. The minimum Gasteiger partial charge on any atom is -0.360 e. The molecule has 66 valence electrons. The number of nitrogens with one attached hydrogen (secondary N) is 1. The second-order valence-electron chi connectivity index (χ2n) is 2.80. The highest BCUT2D eigenvalue weighted by atomic mass is 32.2. The second-order valence-corrected chi connectivity index (χ2v) is 3.86. The van der Waals surface area contributed by atoms with Crippen molar-refractivity contribution in [3.8, 4) is 0 Å². The Morgan fingerprint density at radius 3 is 3.08 bits per heavy atom. The van der Waals surface area contributed by atoms with Crippen LogP contribution in [0.1, 0.15) is 0 Å². The van der Waals surface area contributed by atoms with E-state index in [9.17, 15) is 0 Å². The molecule has 0 bridgehead atoms. The van der Waals surface area contributed by atoms with Crippen molar-refractivity contribution in [1.82, 2.24) is 4.98 Å². The van der Waals surface area contributed by atoms with Crippen molar-refractivity contribution in [2.45, 2.75) is 4.90 Å². The van der Waals surface area contributed by atoms with Crippen molar-refractivity contribution in [1.29, 1.82) is 0 Å². The topological polar surface area (TPSA) is 15.8 Å². The maximum atomic E-state index is 3.71. The fourth-order valence-electron chi connectivity index (χ4n) is 1.31. The Morgan fingerprint density at radius 2 is 2.23 bits per heavy atom. The Kier molecular flexibility index (Phi) is 2.41. The molecule has 0 fully saturated rings. The molecule has 1 aromatic heterocycles. The molecule has 0 aliphatic heterocycles. The summed E-state index contributed by atoms with van der Waals surface area (Å²) in [5.41, 5.74) is 1.20. The van der Waals surface area contributed by atoms with Crippen molar-refractivity contribution >= 4 is 22.7 Å². The third-order valence-electron chi connectivity index (χ3n) is 1.91. The van der Waals surface area contributed by atoms with Gasteiger partial charge in [0, 0.05) is 27.7 Å². The lowest BCUT2D eigenvalue weighted by Gasteiger charge is -1.94. The summed E-state index contributed by atoms with van der Waals surface area (Å²) in [4.78, 5) is 4.54. The number of para-hydroxylation sites is 1. The molecule has 0 amide bonds. The van der Waals surface area contributed by atoms with Crippen LogP contribution in [0.5, 0.6) is 0 Å². The molecule has 2 aromatic rings. The quantitative estimate of drug-likeness (QED) is 0.577. The van der Waals surface area contributed by atoms with Crippen molar-refractivity contribution in [2.75, 3.05) is 5.75 Å². The Morgan fingerprint density at radius 1 is 1.38 bits per heavy atom. The van der Waals surface area contributed by atoms with Gasteiger partial charge in [0.2, 0.25) is 0 Å². The summed E-state index contributed by atoms with van der Waals surface area (Å²) in [7, 11) is 0. The first kappa shape index (κ1) is 8.45. The number of aromatic amines is 1. The van der Waals surface area contributed by atoms with Crippen molar-refractivity contribution in [3.05, 3.63) is 43.1 Å². The maximum absolute atomic E-state index is 3.71. The predicted molar refractivity (Wildman–Crippen MR) is 59.2 cm³/mol. The molecule has 0 saturated heterocycles. The first-order valence-electron chi connectivity index (χ1n) is 4.21. The minimum atomic E-state index is 0.960. The molecular formula is C11H11NS. The highest BCUT2D eigenvalue weighted by molar-refractivity contribution is 7.99. The number of fused-ring (bicyclic) bond motifs is 1. The van der Waals surface area contributed by atoms with Crippen LogP contribution in [-0.2, 0) is 0 Å². The molecule has 0 saturated carbocycles. The first-order chi connectivity index (χ1) is 6.42. The van der Waals surface area contributed by atoms with E-state index < -0.39 is 0 Å². The van der Waals surface area contributed by atoms with Gasteiger partial charge >= 0.3 is 0 Å². The van der Waals surface area contributed by atoms with Crippen LogP contribution in [0.4, 0.5) is 0 Å². The summed E-state index contributed by atoms with van der Waals surface area (Å²) in [5, 5.41) is 1.30. The van der Waals surface area contributed by atoms with Crippen molar-refractivity contribution in [3.63, 3.8) is 0 Å². The molecule has 1 N–H and O–H groups in total. The van der Waals surface area contributed by atoms with E-state index in [1.54, 1.807) is 0 Å². The number of benzene rings is 1. The molecule has 1 nitrogen and oxygen atoms in total. The summed E-state index contributed by atoms with van der Waals surface area (Å²) in [6.07, 6.45) is 3.98. The number of hydrogen-bond donors (Lipinski definition) is 1. The monoisotopic (exact) mass is 189 g/mol. The lowest BCUT2D eigenvalue weighted by atomic mass is 10.2. The molecule has 1 aromatic carbocycles. The zero-order chi connectivity index (χ0) is 9.10. The molecule has 0 atom stereocenters. The summed E-state index contributed by atoms with van der Waals surface area (Å²) < 4.78 is 0. The van der Waals surface area contributed by atoms with E-state index in [4.69, 9.17) is 0 Å². The fraction of sp³-hybridized carbons (Fsp3) is 0.0909. The van der Waals surface area contributed by atoms with Crippen LogP contribution in [0.25, 0.3) is 10.9 Å². The fourth-order valence-corrected chi connectivity index (χ4v) is 2.09. The summed E-state index contributed by atoms with van der Waals surface area (Å²) in [6.45, 7) is 3.71. The number of thioether (sulfide) groups is 1. The summed E-state index contributed by atoms with van der Waals surface area (Å²) in [5.74, 6) is 0.960. The molecule has 2 rings (SSSR count). The number of rotatable bonds is 3. The molecule has 0 aliphatic rings. The van der Waals surface area contributed by atoms with Crippen molar-refractivity contribution < 1.29 is 0 Å². The van der Waals surface area contributed by atoms with Gasteiger partial charge in [-0.2, -0.15) is 0 Å². The van der Waals surface area contributed by atoms with E-state index in [1.165, 1.54) is 15.8 Å². The molecule has 13 heavy (non-hydrogen) atoms. The maximum Gasteiger partial charge on any atom is 0.0465 e. The SMILES string of the molecule is C=CCSc1c[nH]c2ccccc12. The van der Waals surface area contributed by atoms with Gasteiger partial charge in [-0.15, -0.1) is 18.3 Å². The van der Waals surface area contributed by atoms with Crippen LogP contribution in [0, 0.1) is 0 Å². The Bertz CT molecular complexity index is 417. The molecule has 0 radical (unpaired) electrons. The number of H-pyrrole nitrogens is 1.